The van der Waals surface area contributed by atoms with E-state index in [0.717, 1.165) is 12.0 Å². The van der Waals surface area contributed by atoms with Gasteiger partial charge in [-0.2, -0.15) is 0 Å². The molecule has 24 heavy (non-hydrogen) atoms. The maximum Gasteiger partial charge on any atom is 0.348 e. The van der Waals surface area contributed by atoms with Crippen LogP contribution in [0, 0.1) is 6.92 Å². The molecule has 3 aromatic heterocycles. The summed E-state index contributed by atoms with van der Waals surface area (Å²) < 4.78 is 6.64. The number of carbonyl (C=O) groups is 1. The first-order valence-electron chi connectivity index (χ1n) is 7.42. The van der Waals surface area contributed by atoms with Gasteiger partial charge in [-0.1, -0.05) is 18.5 Å². The Bertz CT molecular complexity index is 978. The van der Waals surface area contributed by atoms with Crippen LogP contribution in [0.5, 0.6) is 0 Å². The predicted octanol–water partition coefficient (Wildman–Crippen LogP) is 3.64. The fraction of sp³-hybridized carbons (Fsp3) is 0.235. The van der Waals surface area contributed by atoms with Gasteiger partial charge in [-0.3, -0.25) is 9.20 Å². The number of thiophene rings is 1. The number of nitrogens with zero attached hydrogens (tertiary/aromatic N) is 2. The van der Waals surface area contributed by atoms with Gasteiger partial charge < -0.3 is 4.74 Å². The molecule has 0 unspecified atom stereocenters. The highest BCUT2D eigenvalue weighted by atomic mass is 35.5. The topological polar surface area (TPSA) is 60.7 Å². The summed E-state index contributed by atoms with van der Waals surface area (Å²) in [5.41, 5.74) is 1.68. The summed E-state index contributed by atoms with van der Waals surface area (Å²) in [6.07, 6.45) is 2.39. The van der Waals surface area contributed by atoms with Crippen LogP contribution >= 0.6 is 22.9 Å². The lowest BCUT2D eigenvalue weighted by molar-refractivity contribution is 0.0473. The van der Waals surface area contributed by atoms with E-state index in [0.29, 0.717) is 21.2 Å². The highest BCUT2D eigenvalue weighted by molar-refractivity contribution is 7.14. The summed E-state index contributed by atoms with van der Waals surface area (Å²) >= 11 is 7.31. The van der Waals surface area contributed by atoms with Gasteiger partial charge in [0, 0.05) is 17.1 Å². The number of halogens is 1. The zero-order valence-corrected chi connectivity index (χ0v) is 14.8. The fourth-order valence-electron chi connectivity index (χ4n) is 2.38. The molecule has 0 aliphatic heterocycles. The second kappa shape index (κ2) is 6.75. The number of esters is 1. The number of aryl methyl sites for hydroxylation is 2. The standard InChI is InChI=1S/C17H15ClN2O3S/c1-3-13-10(2)6-14(24-13)17(22)23-9-12-7-16(21)20-8-11(18)4-5-15(20)19-12/h4-8H,3,9H2,1-2H3. The molecule has 0 saturated carbocycles. The quantitative estimate of drug-likeness (QED) is 0.665. The van der Waals surface area contributed by atoms with Gasteiger partial charge >= 0.3 is 5.97 Å². The monoisotopic (exact) mass is 362 g/mol. The highest BCUT2D eigenvalue weighted by Crippen LogP contribution is 2.23. The van der Waals surface area contributed by atoms with Gasteiger partial charge in [-0.25, -0.2) is 9.78 Å². The van der Waals surface area contributed by atoms with Crippen LogP contribution in [0.4, 0.5) is 0 Å². The van der Waals surface area contributed by atoms with Gasteiger partial charge in [0.2, 0.25) is 0 Å². The second-order valence-corrected chi connectivity index (χ2v) is 6.88. The Morgan fingerprint density at radius 1 is 1.38 bits per heavy atom. The molecule has 0 aliphatic rings. The number of aromatic nitrogens is 2. The zero-order valence-electron chi connectivity index (χ0n) is 13.2. The number of pyridine rings is 1. The maximum absolute atomic E-state index is 12.2. The van der Waals surface area contributed by atoms with E-state index in [9.17, 15) is 9.59 Å². The number of carbonyl (C=O) groups excluding carboxylic acids is 1. The first-order valence-corrected chi connectivity index (χ1v) is 8.61. The van der Waals surface area contributed by atoms with Crippen molar-refractivity contribution in [3.05, 3.63) is 66.9 Å². The van der Waals surface area contributed by atoms with Crippen LogP contribution in [0.2, 0.25) is 5.02 Å². The first-order chi connectivity index (χ1) is 11.5. The lowest BCUT2D eigenvalue weighted by Crippen LogP contribution is -2.16. The number of fused-ring (bicyclic) bond motifs is 1. The van der Waals surface area contributed by atoms with Crippen molar-refractivity contribution in [2.45, 2.75) is 26.9 Å². The summed E-state index contributed by atoms with van der Waals surface area (Å²) in [5.74, 6) is -0.402. The normalized spacial score (nSPS) is 11.0. The Morgan fingerprint density at radius 3 is 2.88 bits per heavy atom. The molecule has 0 atom stereocenters. The summed E-state index contributed by atoms with van der Waals surface area (Å²) in [7, 11) is 0. The third-order valence-corrected chi connectivity index (χ3v) is 5.16. The Morgan fingerprint density at radius 2 is 2.17 bits per heavy atom. The molecule has 5 nitrogen and oxygen atoms in total. The minimum atomic E-state index is -0.402. The number of rotatable bonds is 4. The summed E-state index contributed by atoms with van der Waals surface area (Å²) in [6, 6.07) is 6.47. The van der Waals surface area contributed by atoms with E-state index in [4.69, 9.17) is 16.3 Å². The summed E-state index contributed by atoms with van der Waals surface area (Å²) in [5, 5.41) is 0.449. The van der Waals surface area contributed by atoms with E-state index in [-0.39, 0.29) is 12.2 Å². The van der Waals surface area contributed by atoms with Crippen LogP contribution in [-0.4, -0.2) is 15.4 Å². The molecule has 0 bridgehead atoms. The lowest BCUT2D eigenvalue weighted by atomic mass is 10.2. The number of ether oxygens (including phenoxy) is 1. The van der Waals surface area contributed by atoms with E-state index in [1.54, 1.807) is 12.1 Å². The molecule has 0 saturated heterocycles. The largest absolute Gasteiger partial charge is 0.455 e. The van der Waals surface area contributed by atoms with Crippen molar-refractivity contribution in [3.8, 4) is 0 Å². The van der Waals surface area contributed by atoms with Gasteiger partial charge in [0.15, 0.2) is 0 Å². The van der Waals surface area contributed by atoms with Gasteiger partial charge in [-0.15, -0.1) is 11.3 Å². The molecule has 0 aromatic carbocycles. The predicted molar refractivity (Wildman–Crippen MR) is 94.0 cm³/mol. The van der Waals surface area contributed by atoms with Crippen LogP contribution in [0.25, 0.3) is 5.65 Å². The summed E-state index contributed by atoms with van der Waals surface area (Å²) in [6.45, 7) is 3.97. The smallest absolute Gasteiger partial charge is 0.348 e. The summed E-state index contributed by atoms with van der Waals surface area (Å²) in [4.78, 5) is 30.3. The molecule has 3 heterocycles. The minimum Gasteiger partial charge on any atom is -0.455 e. The highest BCUT2D eigenvalue weighted by Gasteiger charge is 2.14. The Hall–Kier alpha value is -2.18. The van der Waals surface area contributed by atoms with Crippen molar-refractivity contribution in [1.82, 2.24) is 9.38 Å². The van der Waals surface area contributed by atoms with Crippen molar-refractivity contribution in [3.63, 3.8) is 0 Å². The Balaban J connectivity index is 1.79. The zero-order chi connectivity index (χ0) is 17.3. The molecule has 7 heteroatoms. The maximum atomic E-state index is 12.2. The average Bonchev–Trinajstić information content (AvgIpc) is 2.94. The van der Waals surface area contributed by atoms with Crippen molar-refractivity contribution >= 4 is 34.6 Å². The SMILES string of the molecule is CCc1sc(C(=O)OCc2cc(=O)n3cc(Cl)ccc3n2)cc1C. The average molecular weight is 363 g/mol. The molecule has 0 amide bonds. The molecule has 0 N–H and O–H groups in total. The van der Waals surface area contributed by atoms with Crippen molar-refractivity contribution in [1.29, 1.82) is 0 Å². The third kappa shape index (κ3) is 3.34. The Kier molecular flexibility index (Phi) is 4.69. The van der Waals surface area contributed by atoms with Crippen molar-refractivity contribution in [2.24, 2.45) is 0 Å². The van der Waals surface area contributed by atoms with Crippen molar-refractivity contribution < 1.29 is 9.53 Å². The van der Waals surface area contributed by atoms with E-state index >= 15 is 0 Å². The molecular weight excluding hydrogens is 348 g/mol. The molecule has 0 spiro atoms. The van der Waals surface area contributed by atoms with Gasteiger partial charge in [-0.05, 0) is 37.1 Å². The molecule has 0 fully saturated rings. The number of hydrogen-bond acceptors (Lipinski definition) is 5. The molecule has 0 aliphatic carbocycles. The fourth-order valence-corrected chi connectivity index (χ4v) is 3.55. The van der Waals surface area contributed by atoms with Gasteiger partial charge in [0.25, 0.3) is 5.56 Å². The molecule has 0 radical (unpaired) electrons. The third-order valence-electron chi connectivity index (χ3n) is 3.57. The Labute approximate surface area is 147 Å². The van der Waals surface area contributed by atoms with Crippen LogP contribution in [0.15, 0.2) is 35.3 Å². The van der Waals surface area contributed by atoms with Crippen LogP contribution in [0.3, 0.4) is 0 Å². The van der Waals surface area contributed by atoms with E-state index in [2.05, 4.69) is 4.98 Å². The van der Waals surface area contributed by atoms with Crippen LogP contribution < -0.4 is 5.56 Å². The van der Waals surface area contributed by atoms with Gasteiger partial charge in [0.05, 0.1) is 10.7 Å². The molecule has 3 rings (SSSR count). The van der Waals surface area contributed by atoms with Crippen LogP contribution in [-0.2, 0) is 17.8 Å². The van der Waals surface area contributed by atoms with E-state index < -0.39 is 5.97 Å². The first kappa shape index (κ1) is 16.7. The van der Waals surface area contributed by atoms with Crippen LogP contribution in [0.1, 0.15) is 32.7 Å². The second-order valence-electron chi connectivity index (χ2n) is 5.31. The van der Waals surface area contributed by atoms with Gasteiger partial charge in [0.1, 0.15) is 17.1 Å². The lowest BCUT2D eigenvalue weighted by Gasteiger charge is -2.05. The van der Waals surface area contributed by atoms with E-state index in [1.165, 1.54) is 32.9 Å². The van der Waals surface area contributed by atoms with Crippen molar-refractivity contribution in [2.75, 3.05) is 0 Å². The molecule has 3 aromatic rings. The number of hydrogen-bond donors (Lipinski definition) is 0. The van der Waals surface area contributed by atoms with E-state index in [1.807, 2.05) is 19.9 Å². The molecular formula is C17H15ClN2O3S. The molecule has 124 valence electrons. The minimum absolute atomic E-state index is 0.0500.